The van der Waals surface area contributed by atoms with Crippen LogP contribution >= 0.6 is 11.8 Å². The third-order valence-electron chi connectivity index (χ3n) is 4.50. The molecule has 1 aliphatic carbocycles. The number of urea groups is 1. The summed E-state index contributed by atoms with van der Waals surface area (Å²) < 4.78 is 12.8. The molecule has 0 aliphatic heterocycles. The number of carbonyl (C=O) groups excluding carboxylic acids is 2. The molecule has 0 aromatic heterocycles. The first-order valence-corrected chi connectivity index (χ1v) is 10.7. The number of rotatable bonds is 8. The van der Waals surface area contributed by atoms with Crippen molar-refractivity contribution in [1.82, 2.24) is 16.0 Å². The van der Waals surface area contributed by atoms with Crippen molar-refractivity contribution < 1.29 is 14.0 Å². The summed E-state index contributed by atoms with van der Waals surface area (Å²) in [5.41, 5.74) is 0. The lowest BCUT2D eigenvalue weighted by molar-refractivity contribution is -0.126. The van der Waals surface area contributed by atoms with E-state index in [1.54, 1.807) is 23.9 Å². The second-order valence-electron chi connectivity index (χ2n) is 7.28. The zero-order valence-electron chi connectivity index (χ0n) is 16.1. The van der Waals surface area contributed by atoms with E-state index < -0.39 is 0 Å². The van der Waals surface area contributed by atoms with Gasteiger partial charge in [-0.25, -0.2) is 9.18 Å². The predicted octanol–water partition coefficient (Wildman–Crippen LogP) is 3.69. The van der Waals surface area contributed by atoms with Crippen molar-refractivity contribution in [2.75, 3.05) is 12.3 Å². The summed E-state index contributed by atoms with van der Waals surface area (Å²) >= 11 is 1.64. The van der Waals surface area contributed by atoms with Gasteiger partial charge in [-0.15, -0.1) is 11.8 Å². The van der Waals surface area contributed by atoms with Crippen LogP contribution in [0.5, 0.6) is 0 Å². The molecule has 1 aromatic carbocycles. The Morgan fingerprint density at radius 1 is 1.22 bits per heavy atom. The average molecular weight is 396 g/mol. The zero-order chi connectivity index (χ0) is 19.6. The minimum Gasteiger partial charge on any atom is -0.354 e. The van der Waals surface area contributed by atoms with Crippen LogP contribution in [0.4, 0.5) is 9.18 Å². The van der Waals surface area contributed by atoms with E-state index in [4.69, 9.17) is 0 Å². The second kappa shape index (κ2) is 11.2. The summed E-state index contributed by atoms with van der Waals surface area (Å²) in [6.45, 7) is 4.50. The Hall–Kier alpha value is -1.76. The van der Waals surface area contributed by atoms with Gasteiger partial charge in [0.1, 0.15) is 5.82 Å². The van der Waals surface area contributed by atoms with Gasteiger partial charge < -0.3 is 16.0 Å². The van der Waals surface area contributed by atoms with E-state index in [0.29, 0.717) is 13.0 Å². The van der Waals surface area contributed by atoms with Crippen LogP contribution in [0.1, 0.15) is 46.0 Å². The number of carbonyl (C=O) groups is 2. The number of thioether (sulfide) groups is 1. The van der Waals surface area contributed by atoms with Crippen LogP contribution in [-0.2, 0) is 4.79 Å². The van der Waals surface area contributed by atoms with E-state index in [1.807, 2.05) is 13.8 Å². The molecule has 1 saturated carbocycles. The van der Waals surface area contributed by atoms with E-state index >= 15 is 0 Å². The molecule has 1 aliphatic rings. The van der Waals surface area contributed by atoms with Gasteiger partial charge in [-0.1, -0.05) is 6.42 Å². The smallest absolute Gasteiger partial charge is 0.315 e. The van der Waals surface area contributed by atoms with Gasteiger partial charge in [0.15, 0.2) is 0 Å². The number of halogens is 1. The lowest BCUT2D eigenvalue weighted by Crippen LogP contribution is -2.47. The molecular weight excluding hydrogens is 365 g/mol. The third-order valence-corrected chi connectivity index (χ3v) is 5.60. The molecule has 0 bridgehead atoms. The van der Waals surface area contributed by atoms with E-state index in [1.165, 1.54) is 12.1 Å². The Balaban J connectivity index is 1.60. The highest BCUT2D eigenvalue weighted by molar-refractivity contribution is 7.99. The highest BCUT2D eigenvalue weighted by atomic mass is 32.2. The maximum absolute atomic E-state index is 12.8. The van der Waals surface area contributed by atoms with Crippen molar-refractivity contribution >= 4 is 23.7 Å². The fourth-order valence-electron chi connectivity index (χ4n) is 3.19. The van der Waals surface area contributed by atoms with Gasteiger partial charge in [-0.2, -0.15) is 0 Å². The number of nitrogens with one attached hydrogen (secondary N) is 3. The molecule has 3 amide bonds. The first kappa shape index (κ1) is 21.5. The molecule has 3 N–H and O–H groups in total. The topological polar surface area (TPSA) is 70.2 Å². The third kappa shape index (κ3) is 8.20. The molecular formula is C20H30FN3O2S. The Bertz CT molecular complexity index is 610. The van der Waals surface area contributed by atoms with Crippen LogP contribution in [0.25, 0.3) is 0 Å². The lowest BCUT2D eigenvalue weighted by Gasteiger charge is -2.29. The quantitative estimate of drug-likeness (QED) is 0.464. The summed E-state index contributed by atoms with van der Waals surface area (Å²) in [6, 6.07) is 6.44. The minimum absolute atomic E-state index is 0.0152. The van der Waals surface area contributed by atoms with Gasteiger partial charge in [-0.05, 0) is 69.5 Å². The Morgan fingerprint density at radius 3 is 2.67 bits per heavy atom. The first-order chi connectivity index (χ1) is 12.9. The van der Waals surface area contributed by atoms with Gasteiger partial charge in [0, 0.05) is 29.4 Å². The molecule has 0 spiro atoms. The van der Waals surface area contributed by atoms with Crippen LogP contribution in [0.2, 0.25) is 0 Å². The molecule has 2 atom stereocenters. The summed E-state index contributed by atoms with van der Waals surface area (Å²) in [7, 11) is 0. The zero-order valence-corrected chi connectivity index (χ0v) is 16.9. The van der Waals surface area contributed by atoms with Crippen molar-refractivity contribution in [2.45, 2.75) is 62.9 Å². The van der Waals surface area contributed by atoms with Crippen molar-refractivity contribution in [1.29, 1.82) is 0 Å². The number of benzene rings is 1. The summed E-state index contributed by atoms with van der Waals surface area (Å²) in [5, 5.41) is 8.83. The van der Waals surface area contributed by atoms with Crippen LogP contribution in [0.3, 0.4) is 0 Å². The Morgan fingerprint density at radius 2 is 1.96 bits per heavy atom. The summed E-state index contributed by atoms with van der Waals surface area (Å²) in [5.74, 6) is 0.699. The van der Waals surface area contributed by atoms with Gasteiger partial charge in [0.2, 0.25) is 5.91 Å². The van der Waals surface area contributed by atoms with Gasteiger partial charge in [-0.3, -0.25) is 4.79 Å². The highest BCUT2D eigenvalue weighted by Crippen LogP contribution is 2.24. The Kier molecular flexibility index (Phi) is 8.91. The van der Waals surface area contributed by atoms with E-state index in [0.717, 1.165) is 36.3 Å². The monoisotopic (exact) mass is 395 g/mol. The molecule has 5 nitrogen and oxygen atoms in total. The maximum atomic E-state index is 12.8. The molecule has 0 saturated heterocycles. The highest BCUT2D eigenvalue weighted by Gasteiger charge is 2.28. The Labute approximate surface area is 165 Å². The average Bonchev–Trinajstić information content (AvgIpc) is 2.62. The van der Waals surface area contributed by atoms with Crippen LogP contribution in [-0.4, -0.2) is 36.3 Å². The van der Waals surface area contributed by atoms with Crippen molar-refractivity contribution in [2.24, 2.45) is 5.92 Å². The van der Waals surface area contributed by atoms with E-state index in [-0.39, 0.29) is 35.8 Å². The largest absolute Gasteiger partial charge is 0.354 e. The van der Waals surface area contributed by atoms with Crippen LogP contribution in [0.15, 0.2) is 29.2 Å². The molecule has 1 aromatic rings. The van der Waals surface area contributed by atoms with Crippen molar-refractivity contribution in [3.8, 4) is 0 Å². The number of hydrogen-bond acceptors (Lipinski definition) is 3. The van der Waals surface area contributed by atoms with E-state index in [9.17, 15) is 14.0 Å². The van der Waals surface area contributed by atoms with Crippen molar-refractivity contribution in [3.05, 3.63) is 30.1 Å². The molecule has 1 fully saturated rings. The molecule has 0 heterocycles. The minimum atomic E-state index is -0.232. The predicted molar refractivity (Wildman–Crippen MR) is 107 cm³/mol. The molecule has 2 rings (SSSR count). The number of amides is 3. The fraction of sp³-hybridized carbons (Fsp3) is 0.600. The molecule has 2 unspecified atom stereocenters. The van der Waals surface area contributed by atoms with Gasteiger partial charge in [0.25, 0.3) is 0 Å². The van der Waals surface area contributed by atoms with Crippen molar-refractivity contribution in [3.63, 3.8) is 0 Å². The molecule has 27 heavy (non-hydrogen) atoms. The maximum Gasteiger partial charge on any atom is 0.315 e. The summed E-state index contributed by atoms with van der Waals surface area (Å²) in [4.78, 5) is 25.2. The molecule has 7 heteroatoms. The second-order valence-corrected chi connectivity index (χ2v) is 8.45. The van der Waals surface area contributed by atoms with Gasteiger partial charge in [0.05, 0.1) is 0 Å². The lowest BCUT2D eigenvalue weighted by atomic mass is 9.85. The molecule has 0 radical (unpaired) electrons. The SMILES string of the molecule is CC(C)NC(=O)C1CCCC(NC(=O)NCCCSc2ccc(F)cc2)C1. The fourth-order valence-corrected chi connectivity index (χ4v) is 4.05. The first-order valence-electron chi connectivity index (χ1n) is 9.67. The summed E-state index contributed by atoms with van der Waals surface area (Å²) in [6.07, 6.45) is 4.29. The van der Waals surface area contributed by atoms with E-state index in [2.05, 4.69) is 16.0 Å². The number of hydrogen-bond donors (Lipinski definition) is 3. The molecule has 150 valence electrons. The normalized spacial score (nSPS) is 19.6. The van der Waals surface area contributed by atoms with Gasteiger partial charge >= 0.3 is 6.03 Å². The van der Waals surface area contributed by atoms with Crippen LogP contribution < -0.4 is 16.0 Å². The van der Waals surface area contributed by atoms with Crippen LogP contribution in [0, 0.1) is 11.7 Å². The standard InChI is InChI=1S/C20H30FN3O2S/c1-14(2)23-19(25)15-5-3-6-17(13-15)24-20(26)22-11-4-12-27-18-9-7-16(21)8-10-18/h7-10,14-15,17H,3-6,11-13H2,1-2H3,(H,23,25)(H2,22,24,26).